The van der Waals surface area contributed by atoms with Gasteiger partial charge in [0.2, 0.25) is 0 Å². The van der Waals surface area contributed by atoms with Crippen LogP contribution in [0.25, 0.3) is 0 Å². The van der Waals surface area contributed by atoms with E-state index in [1.165, 1.54) is 6.26 Å². The van der Waals surface area contributed by atoms with Gasteiger partial charge in [-0.25, -0.2) is 8.42 Å². The highest BCUT2D eigenvalue weighted by atomic mass is 32.2. The van der Waals surface area contributed by atoms with Crippen LogP contribution in [-0.2, 0) is 9.84 Å². The second kappa shape index (κ2) is 5.10. The maximum Gasteiger partial charge on any atom is 0.148 e. The number of hydrogen-bond donors (Lipinski definition) is 1. The van der Waals surface area contributed by atoms with Gasteiger partial charge in [0.05, 0.1) is 5.75 Å². The standard InChI is InChI=1S/C13H28N2O2S/c1-11-8-12(2,3)9-13(11,10-14)15(4)6-7-18(5,16)17/h11H,6-10,14H2,1-5H3. The van der Waals surface area contributed by atoms with Crippen LogP contribution in [0.4, 0.5) is 0 Å². The van der Waals surface area contributed by atoms with Crippen molar-refractivity contribution in [3.8, 4) is 0 Å². The molecule has 0 heterocycles. The highest BCUT2D eigenvalue weighted by Crippen LogP contribution is 2.49. The number of nitrogens with zero attached hydrogens (tertiary/aromatic N) is 1. The molecule has 1 fully saturated rings. The van der Waals surface area contributed by atoms with E-state index in [4.69, 9.17) is 5.73 Å². The van der Waals surface area contributed by atoms with E-state index in [1.807, 2.05) is 7.05 Å². The Hall–Kier alpha value is -0.130. The number of likely N-dealkylation sites (N-methyl/N-ethyl adjacent to an activating group) is 1. The smallest absolute Gasteiger partial charge is 0.148 e. The molecule has 0 bridgehead atoms. The van der Waals surface area contributed by atoms with Crippen molar-refractivity contribution in [1.82, 2.24) is 4.90 Å². The lowest BCUT2D eigenvalue weighted by Gasteiger charge is -2.42. The van der Waals surface area contributed by atoms with Crippen molar-refractivity contribution in [3.63, 3.8) is 0 Å². The second-order valence-corrected chi connectivity index (χ2v) is 9.07. The normalized spacial score (nSPS) is 32.1. The molecule has 0 radical (unpaired) electrons. The maximum atomic E-state index is 11.3. The molecule has 0 aromatic heterocycles. The van der Waals surface area contributed by atoms with Crippen molar-refractivity contribution in [3.05, 3.63) is 0 Å². The van der Waals surface area contributed by atoms with Crippen LogP contribution in [0.5, 0.6) is 0 Å². The van der Waals surface area contributed by atoms with Crippen LogP contribution in [0.2, 0.25) is 0 Å². The molecule has 18 heavy (non-hydrogen) atoms. The molecule has 2 atom stereocenters. The largest absolute Gasteiger partial charge is 0.329 e. The first-order chi connectivity index (χ1) is 8.02. The minimum Gasteiger partial charge on any atom is -0.329 e. The summed E-state index contributed by atoms with van der Waals surface area (Å²) in [6.45, 7) is 7.93. The van der Waals surface area contributed by atoms with Crippen molar-refractivity contribution in [2.24, 2.45) is 17.1 Å². The number of sulfone groups is 1. The average molecular weight is 276 g/mol. The van der Waals surface area contributed by atoms with Crippen LogP contribution in [-0.4, -0.2) is 51.0 Å². The molecule has 2 N–H and O–H groups in total. The van der Waals surface area contributed by atoms with Gasteiger partial charge in [0, 0.05) is 24.9 Å². The monoisotopic (exact) mass is 276 g/mol. The molecule has 1 rings (SSSR count). The average Bonchev–Trinajstić information content (AvgIpc) is 2.44. The number of rotatable bonds is 5. The SMILES string of the molecule is CC1CC(C)(C)CC1(CN)N(C)CCS(C)(=O)=O. The Morgan fingerprint density at radius 2 is 1.94 bits per heavy atom. The summed E-state index contributed by atoms with van der Waals surface area (Å²) in [5.74, 6) is 0.709. The minimum absolute atomic E-state index is 0.0474. The lowest BCUT2D eigenvalue weighted by atomic mass is 9.85. The fraction of sp³-hybridized carbons (Fsp3) is 1.00. The van der Waals surface area contributed by atoms with Gasteiger partial charge in [-0.1, -0.05) is 20.8 Å². The summed E-state index contributed by atoms with van der Waals surface area (Å²) in [5.41, 5.74) is 6.27. The molecule has 1 aliphatic carbocycles. The first-order valence-electron chi connectivity index (χ1n) is 6.61. The van der Waals surface area contributed by atoms with E-state index in [9.17, 15) is 8.42 Å². The molecular weight excluding hydrogens is 248 g/mol. The quantitative estimate of drug-likeness (QED) is 0.817. The van der Waals surface area contributed by atoms with E-state index in [2.05, 4.69) is 25.7 Å². The van der Waals surface area contributed by atoms with Gasteiger partial charge >= 0.3 is 0 Å². The molecule has 1 saturated carbocycles. The Bertz CT molecular complexity index is 392. The van der Waals surface area contributed by atoms with Gasteiger partial charge in [-0.3, -0.25) is 4.90 Å². The first-order valence-corrected chi connectivity index (χ1v) is 8.67. The van der Waals surface area contributed by atoms with Gasteiger partial charge in [-0.05, 0) is 31.2 Å². The topological polar surface area (TPSA) is 63.4 Å². The molecule has 2 unspecified atom stereocenters. The van der Waals surface area contributed by atoms with E-state index >= 15 is 0 Å². The minimum atomic E-state index is -2.91. The summed E-state index contributed by atoms with van der Waals surface area (Å²) in [6.07, 6.45) is 3.48. The molecule has 0 aliphatic heterocycles. The molecule has 1 aliphatic rings. The van der Waals surface area contributed by atoms with Crippen molar-refractivity contribution >= 4 is 9.84 Å². The van der Waals surface area contributed by atoms with E-state index in [1.54, 1.807) is 0 Å². The molecular formula is C13H28N2O2S. The molecule has 0 aromatic rings. The third kappa shape index (κ3) is 3.45. The summed E-state index contributed by atoms with van der Waals surface area (Å²) in [7, 11) is -0.903. The van der Waals surface area contributed by atoms with Crippen LogP contribution >= 0.6 is 0 Å². The van der Waals surface area contributed by atoms with Crippen molar-refractivity contribution in [1.29, 1.82) is 0 Å². The molecule has 0 saturated heterocycles. The van der Waals surface area contributed by atoms with Gasteiger partial charge in [-0.15, -0.1) is 0 Å². The van der Waals surface area contributed by atoms with Crippen LogP contribution in [0.15, 0.2) is 0 Å². The third-order valence-corrected chi connectivity index (χ3v) is 5.40. The Balaban J connectivity index is 2.82. The zero-order valence-electron chi connectivity index (χ0n) is 12.4. The highest BCUT2D eigenvalue weighted by Gasteiger charge is 2.49. The van der Waals surface area contributed by atoms with E-state index in [-0.39, 0.29) is 16.7 Å². The third-order valence-electron chi connectivity index (χ3n) is 4.47. The highest BCUT2D eigenvalue weighted by molar-refractivity contribution is 7.90. The number of nitrogens with two attached hydrogens (primary N) is 1. The summed E-state index contributed by atoms with van der Waals surface area (Å²) in [4.78, 5) is 2.17. The Labute approximate surface area is 112 Å². The lowest BCUT2D eigenvalue weighted by molar-refractivity contribution is 0.0923. The summed E-state index contributed by atoms with van der Waals surface area (Å²) < 4.78 is 22.6. The second-order valence-electron chi connectivity index (χ2n) is 6.81. The van der Waals surface area contributed by atoms with E-state index in [0.717, 1.165) is 12.8 Å². The van der Waals surface area contributed by atoms with Gasteiger partial charge in [0.15, 0.2) is 0 Å². The molecule has 4 nitrogen and oxygen atoms in total. The summed E-state index contributed by atoms with van der Waals surface area (Å²) in [6, 6.07) is 0. The Kier molecular flexibility index (Phi) is 4.51. The van der Waals surface area contributed by atoms with Crippen molar-refractivity contribution in [2.45, 2.75) is 39.2 Å². The summed E-state index contributed by atoms with van der Waals surface area (Å²) in [5, 5.41) is 0. The van der Waals surface area contributed by atoms with Crippen LogP contribution in [0.3, 0.4) is 0 Å². The van der Waals surface area contributed by atoms with Crippen LogP contribution in [0, 0.1) is 11.3 Å². The van der Waals surface area contributed by atoms with Crippen molar-refractivity contribution < 1.29 is 8.42 Å². The van der Waals surface area contributed by atoms with Gasteiger partial charge in [-0.2, -0.15) is 0 Å². The fourth-order valence-electron chi connectivity index (χ4n) is 3.56. The zero-order chi connectivity index (χ0) is 14.2. The zero-order valence-corrected chi connectivity index (χ0v) is 13.2. The molecule has 108 valence electrons. The van der Waals surface area contributed by atoms with Gasteiger partial charge < -0.3 is 5.73 Å². The van der Waals surface area contributed by atoms with Crippen LogP contribution in [0.1, 0.15) is 33.6 Å². The molecule has 0 spiro atoms. The lowest BCUT2D eigenvalue weighted by Crippen LogP contribution is -2.55. The molecule has 5 heteroatoms. The predicted molar refractivity (Wildman–Crippen MR) is 76.3 cm³/mol. The predicted octanol–water partition coefficient (Wildman–Crippen LogP) is 1.12. The van der Waals surface area contributed by atoms with E-state index in [0.29, 0.717) is 19.0 Å². The fourth-order valence-corrected chi connectivity index (χ4v) is 4.17. The Morgan fingerprint density at radius 3 is 2.28 bits per heavy atom. The molecule has 0 amide bonds. The van der Waals surface area contributed by atoms with E-state index < -0.39 is 9.84 Å². The van der Waals surface area contributed by atoms with Gasteiger partial charge in [0.1, 0.15) is 9.84 Å². The van der Waals surface area contributed by atoms with Gasteiger partial charge in [0.25, 0.3) is 0 Å². The number of hydrogen-bond acceptors (Lipinski definition) is 4. The van der Waals surface area contributed by atoms with Crippen molar-refractivity contribution in [2.75, 3.05) is 32.1 Å². The van der Waals surface area contributed by atoms with Crippen LogP contribution < -0.4 is 5.73 Å². The Morgan fingerprint density at radius 1 is 1.39 bits per heavy atom. The summed E-state index contributed by atoms with van der Waals surface area (Å²) >= 11 is 0. The first kappa shape index (κ1) is 15.9. The molecule has 0 aromatic carbocycles. The maximum absolute atomic E-state index is 11.3.